The third kappa shape index (κ3) is 0.967. The first-order valence-electron chi connectivity index (χ1n) is 4.39. The molecule has 1 aromatic heterocycles. The molecule has 1 aliphatic heterocycles. The maximum atomic E-state index is 11.4. The predicted molar refractivity (Wildman–Crippen MR) is 46.1 cm³/mol. The maximum Gasteiger partial charge on any atom is 0.253 e. The fourth-order valence-corrected chi connectivity index (χ4v) is 1.84. The van der Waals surface area contributed by atoms with Crippen LogP contribution in [0.15, 0.2) is 17.1 Å². The molecule has 1 unspecified atom stereocenters. The van der Waals surface area contributed by atoms with E-state index in [1.54, 1.807) is 6.20 Å². The molecular weight excluding hydrogens is 152 g/mol. The van der Waals surface area contributed by atoms with Gasteiger partial charge in [0.2, 0.25) is 0 Å². The van der Waals surface area contributed by atoms with Gasteiger partial charge in [-0.1, -0.05) is 6.92 Å². The van der Waals surface area contributed by atoms with E-state index in [4.69, 9.17) is 0 Å². The summed E-state index contributed by atoms with van der Waals surface area (Å²) in [5.74, 6) is 0.953. The molecule has 0 bridgehead atoms. The van der Waals surface area contributed by atoms with Gasteiger partial charge in [0.15, 0.2) is 0 Å². The molecule has 0 spiro atoms. The third-order valence-corrected chi connectivity index (χ3v) is 2.49. The standard InChI is InChI=1S/C9H12N2O/c1-2-7-3-4-8-10-6-5-9(12)11(7)8/h5-7H,2-4H2,1H3. The van der Waals surface area contributed by atoms with Gasteiger partial charge >= 0.3 is 0 Å². The molecule has 1 atom stereocenters. The van der Waals surface area contributed by atoms with Crippen molar-refractivity contribution in [3.8, 4) is 0 Å². The minimum absolute atomic E-state index is 0.101. The van der Waals surface area contributed by atoms with Crippen molar-refractivity contribution in [3.63, 3.8) is 0 Å². The van der Waals surface area contributed by atoms with Gasteiger partial charge < -0.3 is 0 Å². The lowest BCUT2D eigenvalue weighted by atomic mass is 10.2. The SMILES string of the molecule is CCC1CCc2nccc(=O)n21. The quantitative estimate of drug-likeness (QED) is 0.624. The Labute approximate surface area is 71.1 Å². The first-order chi connectivity index (χ1) is 5.83. The second-order valence-corrected chi connectivity index (χ2v) is 3.17. The number of hydrogen-bond donors (Lipinski definition) is 0. The summed E-state index contributed by atoms with van der Waals surface area (Å²) < 4.78 is 1.83. The summed E-state index contributed by atoms with van der Waals surface area (Å²) in [5.41, 5.74) is 0.101. The number of rotatable bonds is 1. The molecule has 0 radical (unpaired) electrons. The maximum absolute atomic E-state index is 11.4. The molecule has 0 N–H and O–H groups in total. The van der Waals surface area contributed by atoms with E-state index in [1.165, 1.54) is 6.07 Å². The van der Waals surface area contributed by atoms with Crippen molar-refractivity contribution < 1.29 is 0 Å². The fraction of sp³-hybridized carbons (Fsp3) is 0.556. The first-order valence-corrected chi connectivity index (χ1v) is 4.39. The molecular formula is C9H12N2O. The fourth-order valence-electron chi connectivity index (χ4n) is 1.84. The van der Waals surface area contributed by atoms with E-state index in [1.807, 2.05) is 4.57 Å². The Morgan fingerprint density at radius 2 is 2.58 bits per heavy atom. The van der Waals surface area contributed by atoms with Gasteiger partial charge in [0, 0.05) is 24.7 Å². The van der Waals surface area contributed by atoms with Crippen molar-refractivity contribution in [2.45, 2.75) is 32.2 Å². The van der Waals surface area contributed by atoms with Crippen LogP contribution in [-0.2, 0) is 6.42 Å². The van der Waals surface area contributed by atoms with E-state index >= 15 is 0 Å². The zero-order valence-corrected chi connectivity index (χ0v) is 7.16. The second-order valence-electron chi connectivity index (χ2n) is 3.17. The first kappa shape index (κ1) is 7.53. The van der Waals surface area contributed by atoms with E-state index < -0.39 is 0 Å². The summed E-state index contributed by atoms with van der Waals surface area (Å²) in [4.78, 5) is 15.6. The highest BCUT2D eigenvalue weighted by Gasteiger charge is 2.21. The lowest BCUT2D eigenvalue weighted by Gasteiger charge is -2.09. The second kappa shape index (κ2) is 2.73. The molecule has 2 rings (SSSR count). The molecule has 0 aromatic carbocycles. The molecule has 1 aliphatic rings. The van der Waals surface area contributed by atoms with E-state index in [0.29, 0.717) is 6.04 Å². The molecule has 12 heavy (non-hydrogen) atoms. The number of aromatic nitrogens is 2. The van der Waals surface area contributed by atoms with Crippen LogP contribution < -0.4 is 5.56 Å². The summed E-state index contributed by atoms with van der Waals surface area (Å²) in [6.45, 7) is 2.11. The summed E-state index contributed by atoms with van der Waals surface area (Å²) in [5, 5.41) is 0. The molecule has 3 nitrogen and oxygen atoms in total. The smallest absolute Gasteiger partial charge is 0.253 e. The molecule has 0 aliphatic carbocycles. The van der Waals surface area contributed by atoms with Gasteiger partial charge in [-0.25, -0.2) is 4.98 Å². The average molecular weight is 164 g/mol. The zero-order chi connectivity index (χ0) is 8.55. The highest BCUT2D eigenvalue weighted by atomic mass is 16.1. The Morgan fingerprint density at radius 1 is 1.75 bits per heavy atom. The highest BCUT2D eigenvalue weighted by molar-refractivity contribution is 5.01. The van der Waals surface area contributed by atoms with Crippen molar-refractivity contribution >= 4 is 0 Å². The van der Waals surface area contributed by atoms with E-state index in [2.05, 4.69) is 11.9 Å². The normalized spacial score (nSPS) is 20.9. The monoisotopic (exact) mass is 164 g/mol. The molecule has 0 saturated heterocycles. The van der Waals surface area contributed by atoms with Gasteiger partial charge in [-0.15, -0.1) is 0 Å². The van der Waals surface area contributed by atoms with Crippen molar-refractivity contribution in [1.82, 2.24) is 9.55 Å². The summed E-state index contributed by atoms with van der Waals surface area (Å²) >= 11 is 0. The van der Waals surface area contributed by atoms with Crippen LogP contribution in [0.1, 0.15) is 31.6 Å². The predicted octanol–water partition coefficient (Wildman–Crippen LogP) is 1.14. The number of fused-ring (bicyclic) bond motifs is 1. The molecule has 0 fully saturated rings. The van der Waals surface area contributed by atoms with Crippen LogP contribution in [0.25, 0.3) is 0 Å². The lowest BCUT2D eigenvalue weighted by Crippen LogP contribution is -2.22. The Kier molecular flexibility index (Phi) is 1.71. The number of nitrogens with zero attached hydrogens (tertiary/aromatic N) is 2. The Morgan fingerprint density at radius 3 is 3.33 bits per heavy atom. The third-order valence-electron chi connectivity index (χ3n) is 2.49. The van der Waals surface area contributed by atoms with Crippen molar-refractivity contribution in [2.24, 2.45) is 0 Å². The van der Waals surface area contributed by atoms with Crippen LogP contribution in [0.4, 0.5) is 0 Å². The van der Waals surface area contributed by atoms with Crippen LogP contribution in [0.2, 0.25) is 0 Å². The van der Waals surface area contributed by atoms with E-state index in [-0.39, 0.29) is 5.56 Å². The van der Waals surface area contributed by atoms with Gasteiger partial charge in [-0.3, -0.25) is 9.36 Å². The van der Waals surface area contributed by atoms with E-state index in [9.17, 15) is 4.79 Å². The topological polar surface area (TPSA) is 34.9 Å². The summed E-state index contributed by atoms with van der Waals surface area (Å²) in [7, 11) is 0. The molecule has 0 saturated carbocycles. The number of hydrogen-bond acceptors (Lipinski definition) is 2. The van der Waals surface area contributed by atoms with Gasteiger partial charge in [-0.2, -0.15) is 0 Å². The van der Waals surface area contributed by atoms with Gasteiger partial charge in [0.1, 0.15) is 5.82 Å². The Balaban J connectivity index is 2.56. The van der Waals surface area contributed by atoms with Gasteiger partial charge in [0.25, 0.3) is 5.56 Å². The Bertz CT molecular complexity index is 343. The Hall–Kier alpha value is -1.12. The van der Waals surface area contributed by atoms with Gasteiger partial charge in [0.05, 0.1) is 0 Å². The molecule has 64 valence electrons. The summed E-state index contributed by atoms with van der Waals surface area (Å²) in [6.07, 6.45) is 4.65. The minimum atomic E-state index is 0.101. The van der Waals surface area contributed by atoms with Crippen LogP contribution in [-0.4, -0.2) is 9.55 Å². The largest absolute Gasteiger partial charge is 0.294 e. The van der Waals surface area contributed by atoms with Crippen molar-refractivity contribution in [1.29, 1.82) is 0 Å². The summed E-state index contributed by atoms with van der Waals surface area (Å²) in [6, 6.07) is 1.93. The minimum Gasteiger partial charge on any atom is -0.294 e. The zero-order valence-electron chi connectivity index (χ0n) is 7.16. The van der Waals surface area contributed by atoms with Crippen molar-refractivity contribution in [3.05, 3.63) is 28.4 Å². The molecule has 2 heterocycles. The van der Waals surface area contributed by atoms with Crippen LogP contribution in [0, 0.1) is 0 Å². The van der Waals surface area contributed by atoms with Crippen molar-refractivity contribution in [2.75, 3.05) is 0 Å². The van der Waals surface area contributed by atoms with E-state index in [0.717, 1.165) is 25.1 Å². The molecule has 1 aromatic rings. The molecule has 0 amide bonds. The van der Waals surface area contributed by atoms with Crippen LogP contribution in [0.5, 0.6) is 0 Å². The lowest BCUT2D eigenvalue weighted by molar-refractivity contribution is 0.496. The average Bonchev–Trinajstić information content (AvgIpc) is 2.49. The number of aryl methyl sites for hydroxylation is 1. The van der Waals surface area contributed by atoms with Gasteiger partial charge in [-0.05, 0) is 12.8 Å². The van der Waals surface area contributed by atoms with Crippen LogP contribution in [0.3, 0.4) is 0 Å². The highest BCUT2D eigenvalue weighted by Crippen LogP contribution is 2.23. The van der Waals surface area contributed by atoms with Crippen LogP contribution >= 0.6 is 0 Å². The molecule has 3 heteroatoms.